The third-order valence-electron chi connectivity index (χ3n) is 19.9. The average Bonchev–Trinajstić information content (AvgIpc) is 1.54. The van der Waals surface area contributed by atoms with Crippen molar-refractivity contribution in [3.63, 3.8) is 0 Å². The van der Waals surface area contributed by atoms with Gasteiger partial charge in [-0.15, -0.1) is 0 Å². The Kier molecular flexibility index (Phi) is 24.3. The normalized spacial score (nSPS) is 14.1. The van der Waals surface area contributed by atoms with Gasteiger partial charge in [-0.1, -0.05) is 0 Å². The summed E-state index contributed by atoms with van der Waals surface area (Å²) in [7, 11) is 15.5. The van der Waals surface area contributed by atoms with Crippen molar-refractivity contribution in [1.82, 2.24) is 79.3 Å². The Morgan fingerprint density at radius 2 is 0.817 bits per heavy atom. The number of piperazine rings is 1. The summed E-state index contributed by atoms with van der Waals surface area (Å²) in [5.74, 6) is 5.17. The Morgan fingerprint density at radius 1 is 0.440 bits per heavy atom. The Hall–Kier alpha value is -12.0. The quantitative estimate of drug-likeness (QED) is 0.0510. The number of piperidine rings is 1. The topological polar surface area (TPSA) is 272 Å². The lowest BCUT2D eigenvalue weighted by atomic mass is 9.94. The van der Waals surface area contributed by atoms with E-state index in [2.05, 4.69) is 72.2 Å². The molecular weight excluding hydrogens is 1380 g/mol. The van der Waals surface area contributed by atoms with Crippen molar-refractivity contribution >= 4 is 79.0 Å². The molecule has 2 N–H and O–H groups in total. The van der Waals surface area contributed by atoms with E-state index < -0.39 is 0 Å². The molecule has 28 nitrogen and oxygen atoms in total. The van der Waals surface area contributed by atoms with Crippen LogP contribution < -0.4 is 48.4 Å². The Morgan fingerprint density at radius 3 is 1.15 bits per heavy atom. The van der Waals surface area contributed by atoms with Crippen LogP contribution >= 0.6 is 0 Å². The number of aryl methyl sites for hydroxylation is 3. The number of rotatable bonds is 26. The molecule has 0 radical (unpaired) electrons. The summed E-state index contributed by atoms with van der Waals surface area (Å²) in [6.45, 7) is 9.38. The number of benzene rings is 6. The number of carbonyl (C=O) groups is 2. The molecule has 28 heteroatoms. The van der Waals surface area contributed by atoms with E-state index in [1.807, 2.05) is 142 Å². The molecule has 0 atom stereocenters. The van der Waals surface area contributed by atoms with Gasteiger partial charge in [0.1, 0.15) is 34.5 Å². The van der Waals surface area contributed by atoms with E-state index >= 15 is 0 Å². The van der Waals surface area contributed by atoms with E-state index in [1.54, 1.807) is 93.9 Å². The van der Waals surface area contributed by atoms with Crippen molar-refractivity contribution in [2.24, 2.45) is 27.1 Å². The molecule has 0 bridgehead atoms. The van der Waals surface area contributed by atoms with Gasteiger partial charge in [-0.05, 0) is 99.3 Å². The molecule has 109 heavy (non-hydrogen) atoms. The zero-order chi connectivity index (χ0) is 75.9. The molecule has 12 aromatic rings. The van der Waals surface area contributed by atoms with Crippen LogP contribution in [0, 0.1) is 5.92 Å². The smallest absolute Gasteiger partial charge is 0.234 e. The summed E-state index contributed by atoms with van der Waals surface area (Å²) in [4.78, 5) is 65.9. The van der Waals surface area contributed by atoms with Gasteiger partial charge in [-0.3, -0.25) is 43.5 Å². The second-order valence-electron chi connectivity index (χ2n) is 27.1. The minimum absolute atomic E-state index is 0.0553. The van der Waals surface area contributed by atoms with Crippen LogP contribution in [0.4, 0.5) is 34.1 Å². The number of anilines is 6. The van der Waals surface area contributed by atoms with Crippen molar-refractivity contribution in [2.75, 3.05) is 143 Å². The largest absolute Gasteiger partial charge is 0.497 e. The first kappa shape index (κ1) is 75.2. The van der Waals surface area contributed by atoms with Crippen LogP contribution in [0.2, 0.25) is 0 Å². The summed E-state index contributed by atoms with van der Waals surface area (Å²) >= 11 is 0. The van der Waals surface area contributed by atoms with Gasteiger partial charge in [-0.25, -0.2) is 15.0 Å². The minimum atomic E-state index is 0.0553. The van der Waals surface area contributed by atoms with E-state index in [0.29, 0.717) is 74.6 Å². The number of aromatic nitrogens is 12. The van der Waals surface area contributed by atoms with Crippen LogP contribution in [-0.4, -0.2) is 219 Å². The lowest BCUT2D eigenvalue weighted by Crippen LogP contribution is -2.49. The highest BCUT2D eigenvalue weighted by molar-refractivity contribution is 5.86. The maximum Gasteiger partial charge on any atom is 0.234 e. The minimum Gasteiger partial charge on any atom is -0.497 e. The van der Waals surface area contributed by atoms with Crippen molar-refractivity contribution in [3.8, 4) is 68.3 Å². The first-order valence-corrected chi connectivity index (χ1v) is 36.5. The molecule has 6 aromatic carbocycles. The van der Waals surface area contributed by atoms with Crippen LogP contribution in [0.3, 0.4) is 0 Å². The maximum atomic E-state index is 12.3. The molecule has 0 saturated carbocycles. The van der Waals surface area contributed by atoms with Gasteiger partial charge in [-0.2, -0.15) is 15.3 Å². The van der Waals surface area contributed by atoms with Crippen LogP contribution in [0.5, 0.6) is 34.5 Å². The van der Waals surface area contributed by atoms with Crippen LogP contribution in [0.1, 0.15) is 32.1 Å². The van der Waals surface area contributed by atoms with Gasteiger partial charge in [0.25, 0.3) is 0 Å². The molecular formula is C81H93N19O9. The molecule has 0 unspecified atom stereocenters. The summed E-state index contributed by atoms with van der Waals surface area (Å²) in [5, 5.41) is 25.0. The van der Waals surface area contributed by atoms with Crippen LogP contribution in [0.25, 0.3) is 66.9 Å². The number of aliphatic hydroxyl groups is 1. The standard InChI is InChI=1S/C29H36N6O3.C26H29N7O3.C26H28N6O3/c1-33-20-22(18-31-33)29-19-30-27-5-4-23(16-28(27)32-29)35(24-14-25(37-2)17-26(15-24)38-3)12-11-34-9-6-21(7-10-34)8-13-36;1-31-16-18(14-29-31)25-15-28-23-5-4-19(12-24(23)30-25)33(9-8-32-7-6-27-26(34)17-32)20-10-21(35-2)13-22(11-20)36-3;1-30-17-18(15-28-30)25-16-27-23-7-6-19(13-24(23)29-25)32(10-9-31-8-4-5-26(31)33)20-11-21(34-2)14-22(12-20)35-3/h4-5,14-21,36H,6-13H2,1-3H3;4-5,10-16H,6-9,17H2,1-3H3,(H,27,34);6-7,11-17H,4-5,8-10H2,1-3H3. The lowest BCUT2D eigenvalue weighted by Gasteiger charge is -2.34. The summed E-state index contributed by atoms with van der Waals surface area (Å²) in [6, 6.07) is 35.9. The zero-order valence-electron chi connectivity index (χ0n) is 63.2. The number of hydrogen-bond acceptors (Lipinski definition) is 23. The van der Waals surface area contributed by atoms with Gasteiger partial charge in [0, 0.05) is 217 Å². The molecule has 3 aliphatic rings. The van der Waals surface area contributed by atoms with Crippen molar-refractivity contribution in [3.05, 3.63) is 165 Å². The fourth-order valence-electron chi connectivity index (χ4n) is 13.9. The van der Waals surface area contributed by atoms with Gasteiger partial charge in [0.2, 0.25) is 11.8 Å². The molecule has 566 valence electrons. The third-order valence-corrected chi connectivity index (χ3v) is 19.9. The molecule has 6 aromatic heterocycles. The predicted octanol–water partition coefficient (Wildman–Crippen LogP) is 10.7. The number of hydrogen-bond donors (Lipinski definition) is 2. The van der Waals surface area contributed by atoms with E-state index in [0.717, 1.165) is 177 Å². The molecule has 2 amide bonds. The van der Waals surface area contributed by atoms with Gasteiger partial charge < -0.3 is 63.3 Å². The summed E-state index contributed by atoms with van der Waals surface area (Å²) in [6.07, 6.45) is 21.2. The number of nitrogens with one attached hydrogen (secondary N) is 1. The molecule has 3 aliphatic heterocycles. The highest BCUT2D eigenvalue weighted by atomic mass is 16.5. The SMILES string of the molecule is COc1cc(OC)cc(N(CCN2CCC(CCO)CC2)c2ccc3ncc(-c4cnn(C)c4)nc3c2)c1.COc1cc(OC)cc(N(CCN2CCCC2=O)c2ccc3ncc(-c4cnn(C)c4)nc3c2)c1.COc1cc(OC)cc(N(CCN2CCNC(=O)C2)c2ccc3ncc(-c4cnn(C)c4)nc3c2)c1. The van der Waals surface area contributed by atoms with Crippen molar-refractivity contribution in [2.45, 2.75) is 32.1 Å². The van der Waals surface area contributed by atoms with E-state index in [1.165, 1.54) is 0 Å². The van der Waals surface area contributed by atoms with Crippen molar-refractivity contribution in [1.29, 1.82) is 0 Å². The number of fused-ring (bicyclic) bond motifs is 3. The highest BCUT2D eigenvalue weighted by Gasteiger charge is 2.26. The summed E-state index contributed by atoms with van der Waals surface area (Å²) < 4.78 is 38.5. The van der Waals surface area contributed by atoms with Crippen molar-refractivity contribution < 1.29 is 43.1 Å². The molecule has 3 saturated heterocycles. The Labute approximate surface area is 633 Å². The number of likely N-dealkylation sites (tertiary alicyclic amines) is 2. The monoisotopic (exact) mass is 1480 g/mol. The molecule has 0 spiro atoms. The number of carbonyl (C=O) groups excluding carboxylic acids is 2. The van der Waals surface area contributed by atoms with Gasteiger partial charge in [0.05, 0.1) is 137 Å². The van der Waals surface area contributed by atoms with Crippen LogP contribution in [0.15, 0.2) is 165 Å². The second-order valence-corrected chi connectivity index (χ2v) is 27.1. The number of amides is 2. The highest BCUT2D eigenvalue weighted by Crippen LogP contribution is 2.39. The molecule has 3 fully saturated rings. The number of aliphatic hydroxyl groups excluding tert-OH is 1. The fourth-order valence-corrected chi connectivity index (χ4v) is 13.9. The molecule has 0 aliphatic carbocycles. The van der Waals surface area contributed by atoms with E-state index in [-0.39, 0.29) is 18.4 Å². The number of methoxy groups -OCH3 is 6. The first-order valence-electron chi connectivity index (χ1n) is 36.5. The van der Waals surface area contributed by atoms with Gasteiger partial charge in [0.15, 0.2) is 0 Å². The molecule has 15 rings (SSSR count). The van der Waals surface area contributed by atoms with E-state index in [9.17, 15) is 14.7 Å². The zero-order valence-corrected chi connectivity index (χ0v) is 63.2. The fraction of sp³-hybridized carbons (Fsp3) is 0.346. The second kappa shape index (κ2) is 35.1. The Balaban J connectivity index is 0.000000144. The number of nitrogens with zero attached hydrogens (tertiary/aromatic N) is 18. The van der Waals surface area contributed by atoms with Crippen LogP contribution in [-0.2, 0) is 30.7 Å². The lowest BCUT2D eigenvalue weighted by molar-refractivity contribution is -0.127. The first-order chi connectivity index (χ1) is 53.1. The summed E-state index contributed by atoms with van der Waals surface area (Å²) in [5.41, 5.74) is 15.7. The Bertz CT molecular complexity index is 5050. The van der Waals surface area contributed by atoms with E-state index in [4.69, 9.17) is 43.4 Å². The maximum absolute atomic E-state index is 12.3. The average molecular weight is 1480 g/mol. The number of ether oxygens (including phenoxy) is 6. The molecule has 9 heterocycles. The predicted molar refractivity (Wildman–Crippen MR) is 421 cm³/mol. The third kappa shape index (κ3) is 18.7. The van der Waals surface area contributed by atoms with Gasteiger partial charge >= 0.3 is 0 Å².